The molecule has 3 rings (SSSR count). The van der Waals surface area contributed by atoms with Crippen molar-refractivity contribution in [1.29, 1.82) is 0 Å². The predicted octanol–water partition coefficient (Wildman–Crippen LogP) is 3.87. The maximum atomic E-state index is 12.8. The van der Waals surface area contributed by atoms with E-state index in [4.69, 9.17) is 16.3 Å². The monoisotopic (exact) mass is 330 g/mol. The third-order valence-electron chi connectivity index (χ3n) is 4.61. The molecular weight excluding hydrogens is 310 g/mol. The van der Waals surface area contributed by atoms with Gasteiger partial charge in [0.2, 0.25) is 5.92 Å². The highest BCUT2D eigenvalue weighted by Gasteiger charge is 2.45. The Kier molecular flexibility index (Phi) is 4.83. The van der Waals surface area contributed by atoms with Crippen molar-refractivity contribution < 1.29 is 13.5 Å². The molecule has 6 heteroatoms. The molecular formula is C16H21ClF2N2O. The van der Waals surface area contributed by atoms with E-state index in [1.54, 1.807) is 18.5 Å². The molecule has 2 aliphatic rings. The standard InChI is InChI=1S/C16H21ClF2N2O/c17-14-9-20-4-1-15(14)22-11-12-2-5-21(6-3-12)10-13-7-16(18,19)8-13/h1,4,9,12-13H,2-3,5-8,10-11H2. The van der Waals surface area contributed by atoms with Crippen LogP contribution in [0.2, 0.25) is 5.02 Å². The lowest BCUT2D eigenvalue weighted by atomic mass is 9.80. The molecule has 0 spiro atoms. The Balaban J connectivity index is 1.36. The molecule has 122 valence electrons. The number of hydrogen-bond donors (Lipinski definition) is 0. The Morgan fingerprint density at radius 3 is 2.64 bits per heavy atom. The van der Waals surface area contributed by atoms with E-state index in [1.807, 2.05) is 0 Å². The van der Waals surface area contributed by atoms with Gasteiger partial charge in [-0.05, 0) is 37.8 Å². The van der Waals surface area contributed by atoms with E-state index in [0.717, 1.165) is 32.5 Å². The van der Waals surface area contributed by atoms with Crippen LogP contribution in [0.25, 0.3) is 0 Å². The van der Waals surface area contributed by atoms with E-state index in [2.05, 4.69) is 9.88 Å². The van der Waals surface area contributed by atoms with Crippen molar-refractivity contribution in [2.45, 2.75) is 31.6 Å². The van der Waals surface area contributed by atoms with Gasteiger partial charge >= 0.3 is 0 Å². The number of alkyl halides is 2. The van der Waals surface area contributed by atoms with Gasteiger partial charge in [0.25, 0.3) is 0 Å². The summed E-state index contributed by atoms with van der Waals surface area (Å²) in [4.78, 5) is 6.24. The summed E-state index contributed by atoms with van der Waals surface area (Å²) in [6.45, 7) is 3.42. The van der Waals surface area contributed by atoms with Crippen molar-refractivity contribution in [2.24, 2.45) is 11.8 Å². The van der Waals surface area contributed by atoms with Gasteiger partial charge in [-0.1, -0.05) is 11.6 Å². The number of likely N-dealkylation sites (tertiary alicyclic amines) is 1. The summed E-state index contributed by atoms with van der Waals surface area (Å²) in [5.41, 5.74) is 0. The molecule has 0 aromatic carbocycles. The van der Waals surface area contributed by atoms with Gasteiger partial charge in [0.15, 0.2) is 0 Å². The first-order valence-electron chi connectivity index (χ1n) is 7.84. The van der Waals surface area contributed by atoms with Crippen LogP contribution in [0.4, 0.5) is 8.78 Å². The molecule has 1 saturated heterocycles. The lowest BCUT2D eigenvalue weighted by molar-refractivity contribution is -0.117. The van der Waals surface area contributed by atoms with Crippen LogP contribution in [-0.4, -0.2) is 42.0 Å². The van der Waals surface area contributed by atoms with Crippen LogP contribution in [0.1, 0.15) is 25.7 Å². The fraction of sp³-hybridized carbons (Fsp3) is 0.688. The average Bonchev–Trinajstić information content (AvgIpc) is 2.46. The van der Waals surface area contributed by atoms with Crippen molar-refractivity contribution in [2.75, 3.05) is 26.2 Å². The summed E-state index contributed by atoms with van der Waals surface area (Å²) in [7, 11) is 0. The Morgan fingerprint density at radius 1 is 1.27 bits per heavy atom. The number of nitrogens with zero attached hydrogens (tertiary/aromatic N) is 2. The van der Waals surface area contributed by atoms with Gasteiger partial charge in [-0.2, -0.15) is 0 Å². The van der Waals surface area contributed by atoms with Crippen molar-refractivity contribution in [1.82, 2.24) is 9.88 Å². The Bertz CT molecular complexity index is 499. The second-order valence-electron chi connectivity index (χ2n) is 6.49. The molecule has 1 saturated carbocycles. The molecule has 0 unspecified atom stereocenters. The maximum Gasteiger partial charge on any atom is 0.248 e. The molecule has 2 fully saturated rings. The van der Waals surface area contributed by atoms with E-state index in [-0.39, 0.29) is 18.8 Å². The van der Waals surface area contributed by atoms with Gasteiger partial charge in [-0.25, -0.2) is 8.78 Å². The maximum absolute atomic E-state index is 12.8. The van der Waals surface area contributed by atoms with Crippen LogP contribution in [0.15, 0.2) is 18.5 Å². The summed E-state index contributed by atoms with van der Waals surface area (Å²) < 4.78 is 31.5. The van der Waals surface area contributed by atoms with Crippen molar-refractivity contribution in [3.05, 3.63) is 23.5 Å². The zero-order valence-corrected chi connectivity index (χ0v) is 13.2. The number of pyridine rings is 1. The van der Waals surface area contributed by atoms with Crippen LogP contribution < -0.4 is 4.74 Å². The molecule has 3 nitrogen and oxygen atoms in total. The smallest absolute Gasteiger partial charge is 0.248 e. The number of ether oxygens (including phenoxy) is 1. The van der Waals surface area contributed by atoms with E-state index in [0.29, 0.717) is 23.3 Å². The number of halogens is 3. The first kappa shape index (κ1) is 15.9. The zero-order valence-electron chi connectivity index (χ0n) is 12.5. The normalized spacial score (nSPS) is 23.2. The zero-order chi connectivity index (χ0) is 15.6. The second kappa shape index (κ2) is 6.67. The van der Waals surface area contributed by atoms with E-state index in [1.165, 1.54) is 0 Å². The number of hydrogen-bond acceptors (Lipinski definition) is 3. The average molecular weight is 331 g/mol. The van der Waals surface area contributed by atoms with Crippen molar-refractivity contribution >= 4 is 11.6 Å². The molecule has 1 aliphatic heterocycles. The third-order valence-corrected chi connectivity index (χ3v) is 4.89. The molecule has 22 heavy (non-hydrogen) atoms. The number of piperidine rings is 1. The summed E-state index contributed by atoms with van der Waals surface area (Å²) in [5, 5.41) is 0.533. The van der Waals surface area contributed by atoms with Gasteiger partial charge in [0, 0.05) is 37.8 Å². The topological polar surface area (TPSA) is 25.4 Å². The molecule has 1 aliphatic carbocycles. The largest absolute Gasteiger partial charge is 0.492 e. The van der Waals surface area contributed by atoms with Crippen molar-refractivity contribution in [3.63, 3.8) is 0 Å². The van der Waals surface area contributed by atoms with Crippen LogP contribution in [0.3, 0.4) is 0 Å². The molecule has 0 bridgehead atoms. The molecule has 0 N–H and O–H groups in total. The highest BCUT2D eigenvalue weighted by Crippen LogP contribution is 2.42. The Hall–Kier alpha value is -0.940. The van der Waals surface area contributed by atoms with Crippen LogP contribution in [0.5, 0.6) is 5.75 Å². The number of aromatic nitrogens is 1. The van der Waals surface area contributed by atoms with Gasteiger partial charge in [-0.15, -0.1) is 0 Å². The van der Waals surface area contributed by atoms with E-state index < -0.39 is 5.92 Å². The van der Waals surface area contributed by atoms with Crippen molar-refractivity contribution in [3.8, 4) is 5.75 Å². The van der Waals surface area contributed by atoms with E-state index in [9.17, 15) is 8.78 Å². The fourth-order valence-corrected chi connectivity index (χ4v) is 3.48. The van der Waals surface area contributed by atoms with E-state index >= 15 is 0 Å². The lowest BCUT2D eigenvalue weighted by Gasteiger charge is -2.40. The quantitative estimate of drug-likeness (QED) is 0.819. The first-order valence-corrected chi connectivity index (χ1v) is 8.22. The Morgan fingerprint density at radius 2 is 2.00 bits per heavy atom. The lowest BCUT2D eigenvalue weighted by Crippen LogP contribution is -2.45. The fourth-order valence-electron chi connectivity index (χ4n) is 3.30. The summed E-state index contributed by atoms with van der Waals surface area (Å²) in [5.74, 6) is -1.04. The first-order chi connectivity index (χ1) is 10.5. The third kappa shape index (κ3) is 4.07. The molecule has 2 heterocycles. The molecule has 0 atom stereocenters. The van der Waals surface area contributed by atoms with Crippen LogP contribution in [0, 0.1) is 11.8 Å². The minimum absolute atomic E-state index is 0.0661. The van der Waals surface area contributed by atoms with Gasteiger partial charge in [0.1, 0.15) is 10.8 Å². The molecule has 0 radical (unpaired) electrons. The number of rotatable bonds is 5. The highest BCUT2D eigenvalue weighted by atomic mass is 35.5. The molecule has 0 amide bonds. The molecule has 1 aromatic rings. The highest BCUT2D eigenvalue weighted by molar-refractivity contribution is 6.31. The Labute approximate surface area is 134 Å². The summed E-state index contributed by atoms with van der Waals surface area (Å²) >= 11 is 6.01. The second-order valence-corrected chi connectivity index (χ2v) is 6.90. The van der Waals surface area contributed by atoms with Crippen LogP contribution in [-0.2, 0) is 0 Å². The molecule has 1 aromatic heterocycles. The van der Waals surface area contributed by atoms with Gasteiger partial charge in [-0.3, -0.25) is 4.98 Å². The summed E-state index contributed by atoms with van der Waals surface area (Å²) in [6.07, 6.45) is 5.47. The minimum Gasteiger partial charge on any atom is -0.492 e. The SMILES string of the molecule is FC1(F)CC(CN2CCC(COc3ccncc3Cl)CC2)C1. The van der Waals surface area contributed by atoms with Gasteiger partial charge < -0.3 is 9.64 Å². The summed E-state index contributed by atoms with van der Waals surface area (Å²) in [6, 6.07) is 1.77. The van der Waals surface area contributed by atoms with Gasteiger partial charge in [0.05, 0.1) is 6.61 Å². The minimum atomic E-state index is -2.40. The predicted molar refractivity (Wildman–Crippen MR) is 81.6 cm³/mol. The van der Waals surface area contributed by atoms with Crippen LogP contribution >= 0.6 is 11.6 Å².